The van der Waals surface area contributed by atoms with Crippen molar-refractivity contribution in [2.45, 2.75) is 133 Å². The second-order valence-electron chi connectivity index (χ2n) is 17.0. The minimum absolute atomic E-state index is 0.0847. The van der Waals surface area contributed by atoms with Crippen LogP contribution in [0.3, 0.4) is 0 Å². The van der Waals surface area contributed by atoms with Gasteiger partial charge in [0.25, 0.3) is 0 Å². The summed E-state index contributed by atoms with van der Waals surface area (Å²) in [5.41, 5.74) is 7.63. The molecule has 2 aliphatic carbocycles. The number of piperidine rings is 1. The van der Waals surface area contributed by atoms with Crippen LogP contribution in [-0.4, -0.2) is 82.4 Å². The van der Waals surface area contributed by atoms with Crippen LogP contribution in [0.1, 0.15) is 108 Å². The summed E-state index contributed by atoms with van der Waals surface area (Å²) >= 11 is 0. The van der Waals surface area contributed by atoms with Crippen molar-refractivity contribution in [2.75, 3.05) is 44.2 Å². The Kier molecular flexibility index (Phi) is 10.4. The number of ether oxygens (including phenoxy) is 2. The molecule has 0 N–H and O–H groups in total. The van der Waals surface area contributed by atoms with Gasteiger partial charge in [0, 0.05) is 74.5 Å². The Morgan fingerprint density at radius 2 is 1.58 bits per heavy atom. The number of hydrogen-bond acceptors (Lipinski definition) is 6. The fourth-order valence-electron chi connectivity index (χ4n) is 9.96. The molecular weight excluding hydrogens is 655 g/mol. The van der Waals surface area contributed by atoms with Gasteiger partial charge in [-0.2, -0.15) is 0 Å². The number of aromatic nitrogens is 2. The Balaban J connectivity index is 0.000000141. The fraction of sp³-hybridized carbons (Fsp3) is 0.587. The van der Waals surface area contributed by atoms with Crippen LogP contribution in [0.4, 0.5) is 5.69 Å². The number of rotatable bonds is 9. The molecule has 4 aliphatic heterocycles. The zero-order valence-electron chi connectivity index (χ0n) is 32.2. The maximum atomic E-state index is 6.59. The molecule has 4 fully saturated rings. The van der Waals surface area contributed by atoms with E-state index in [1.54, 1.807) is 0 Å². The van der Waals surface area contributed by atoms with E-state index in [0.29, 0.717) is 6.10 Å². The van der Waals surface area contributed by atoms with Crippen LogP contribution >= 0.6 is 0 Å². The maximum Gasteiger partial charge on any atom is 0.123 e. The lowest BCUT2D eigenvalue weighted by Gasteiger charge is -2.37. The van der Waals surface area contributed by atoms with Crippen molar-refractivity contribution >= 4 is 16.7 Å². The van der Waals surface area contributed by atoms with Gasteiger partial charge in [0.05, 0.1) is 11.0 Å². The number of benzene rings is 3. The van der Waals surface area contributed by atoms with E-state index in [1.165, 1.54) is 139 Å². The molecule has 282 valence electrons. The molecule has 3 aromatic carbocycles. The lowest BCUT2D eigenvalue weighted by molar-refractivity contribution is 0.0694. The van der Waals surface area contributed by atoms with E-state index in [4.69, 9.17) is 9.47 Å². The molecule has 7 heteroatoms. The van der Waals surface area contributed by atoms with Crippen LogP contribution in [0.25, 0.3) is 16.7 Å². The first-order valence-corrected chi connectivity index (χ1v) is 21.4. The van der Waals surface area contributed by atoms with Crippen molar-refractivity contribution in [1.29, 1.82) is 0 Å². The highest BCUT2D eigenvalue weighted by Crippen LogP contribution is 2.43. The molecule has 53 heavy (non-hydrogen) atoms. The summed E-state index contributed by atoms with van der Waals surface area (Å²) in [6, 6.07) is 23.5. The van der Waals surface area contributed by atoms with Gasteiger partial charge in [-0.15, -0.1) is 0 Å². The third-order valence-corrected chi connectivity index (χ3v) is 13.5. The van der Waals surface area contributed by atoms with Crippen molar-refractivity contribution in [3.05, 3.63) is 78.1 Å². The zero-order chi connectivity index (χ0) is 35.6. The second kappa shape index (κ2) is 15.7. The van der Waals surface area contributed by atoms with Gasteiger partial charge in [-0.1, -0.05) is 31.9 Å². The molecule has 7 nitrogen and oxygen atoms in total. The Hall–Kier alpha value is -3.55. The number of likely N-dealkylation sites (tertiary alicyclic amines) is 1. The quantitative estimate of drug-likeness (QED) is 0.172. The largest absolute Gasteiger partial charge is 0.490 e. The van der Waals surface area contributed by atoms with Gasteiger partial charge in [-0.3, -0.25) is 4.57 Å². The Bertz CT molecular complexity index is 1840. The van der Waals surface area contributed by atoms with Crippen molar-refractivity contribution in [3.63, 3.8) is 0 Å². The topological polar surface area (TPSA) is 46.0 Å². The predicted octanol–water partition coefficient (Wildman–Crippen LogP) is 9.37. The van der Waals surface area contributed by atoms with Crippen molar-refractivity contribution in [3.8, 4) is 17.2 Å². The number of nitrogens with zero attached hydrogens (tertiary/aromatic N) is 5. The summed E-state index contributed by atoms with van der Waals surface area (Å²) in [5, 5.41) is 0. The first kappa shape index (κ1) is 35.2. The van der Waals surface area contributed by atoms with E-state index in [9.17, 15) is 0 Å². The lowest BCUT2D eigenvalue weighted by atomic mass is 9.89. The van der Waals surface area contributed by atoms with E-state index in [-0.39, 0.29) is 5.60 Å². The molecule has 4 aromatic rings. The highest BCUT2D eigenvalue weighted by atomic mass is 16.5. The van der Waals surface area contributed by atoms with Gasteiger partial charge in [0.1, 0.15) is 29.5 Å². The highest BCUT2D eigenvalue weighted by Gasteiger charge is 2.42. The van der Waals surface area contributed by atoms with Crippen LogP contribution in [0, 0.1) is 0 Å². The first-order chi connectivity index (χ1) is 26.1. The molecular formula is C46H61N5O2. The number of imidazole rings is 1. The van der Waals surface area contributed by atoms with Crippen molar-refractivity contribution < 1.29 is 9.47 Å². The van der Waals surface area contributed by atoms with Gasteiger partial charge in [-0.05, 0) is 138 Å². The van der Waals surface area contributed by atoms with Crippen LogP contribution < -0.4 is 14.4 Å². The van der Waals surface area contributed by atoms with Crippen LogP contribution in [0.15, 0.2) is 67.0 Å². The summed E-state index contributed by atoms with van der Waals surface area (Å²) in [7, 11) is 0. The van der Waals surface area contributed by atoms with Gasteiger partial charge in [-0.25, -0.2) is 4.98 Å². The number of hydrogen-bond donors (Lipinski definition) is 0. The van der Waals surface area contributed by atoms with Crippen molar-refractivity contribution in [1.82, 2.24) is 19.4 Å². The maximum absolute atomic E-state index is 6.59. The summed E-state index contributed by atoms with van der Waals surface area (Å²) in [5.74, 6) is 2.22. The molecule has 5 heterocycles. The molecule has 1 aromatic heterocycles. The summed E-state index contributed by atoms with van der Waals surface area (Å²) < 4.78 is 15.0. The Labute approximate surface area is 317 Å². The standard InChI is InChI=1S/C24H29N3O.C22H32N2O/c1-2-13-26(19-6-5-7-19)14-12-21-16-18-15-20(10-11-24(18)28-21)27-17-25-22-8-3-4-9-23(22)27;1-2-12-23(13-3-1)20-8-9-21-18(16-20)17-22(25-21)10-5-14-24(15-11-22)19-6-4-7-19/h3-4,8-11,15,17,19,21H,2,5-7,12-14,16H2,1H3;8-9,16,19H,1-7,10-15,17H2. The highest BCUT2D eigenvalue weighted by molar-refractivity contribution is 5.77. The van der Waals surface area contributed by atoms with Gasteiger partial charge < -0.3 is 24.2 Å². The van der Waals surface area contributed by atoms with E-state index in [1.807, 2.05) is 12.4 Å². The van der Waals surface area contributed by atoms with E-state index < -0.39 is 0 Å². The number of para-hydroxylation sites is 2. The van der Waals surface area contributed by atoms with Crippen LogP contribution in [0.2, 0.25) is 0 Å². The fourth-order valence-corrected chi connectivity index (χ4v) is 9.96. The van der Waals surface area contributed by atoms with E-state index in [0.717, 1.165) is 60.4 Å². The second-order valence-corrected chi connectivity index (χ2v) is 17.0. The van der Waals surface area contributed by atoms with Crippen LogP contribution in [0.5, 0.6) is 11.5 Å². The van der Waals surface area contributed by atoms with E-state index >= 15 is 0 Å². The third kappa shape index (κ3) is 7.58. The first-order valence-electron chi connectivity index (χ1n) is 21.4. The Morgan fingerprint density at radius 1 is 0.774 bits per heavy atom. The SMILES string of the molecule is CCCN(CCC1Cc2cc(-n3cnc4ccccc43)ccc2O1)C1CCC1.c1cc2c(cc1N1CCCCC1)CC1(CCCN(C3CCC3)CC1)O2. The molecule has 0 bridgehead atoms. The smallest absolute Gasteiger partial charge is 0.123 e. The van der Waals surface area contributed by atoms with Crippen molar-refractivity contribution in [2.24, 2.45) is 0 Å². The number of fused-ring (bicyclic) bond motifs is 3. The lowest BCUT2D eigenvalue weighted by Crippen LogP contribution is -2.42. The monoisotopic (exact) mass is 715 g/mol. The third-order valence-electron chi connectivity index (χ3n) is 13.5. The van der Waals surface area contributed by atoms with Gasteiger partial charge >= 0.3 is 0 Å². The predicted molar refractivity (Wildman–Crippen MR) is 216 cm³/mol. The van der Waals surface area contributed by atoms with E-state index in [2.05, 4.69) is 85.8 Å². The molecule has 0 amide bonds. The molecule has 1 spiro atoms. The minimum atomic E-state index is 0.0847. The average Bonchev–Trinajstić information content (AvgIpc) is 3.82. The Morgan fingerprint density at radius 3 is 2.40 bits per heavy atom. The zero-order valence-corrected chi connectivity index (χ0v) is 32.2. The minimum Gasteiger partial charge on any atom is -0.490 e. The molecule has 10 rings (SSSR count). The molecule has 0 radical (unpaired) electrons. The number of anilines is 1. The summed E-state index contributed by atoms with van der Waals surface area (Å²) in [6.07, 6.45) is 23.0. The molecule has 2 atom stereocenters. The molecule has 6 aliphatic rings. The van der Waals surface area contributed by atoms with Gasteiger partial charge in [0.15, 0.2) is 0 Å². The van der Waals surface area contributed by atoms with Gasteiger partial charge in [0.2, 0.25) is 0 Å². The summed E-state index contributed by atoms with van der Waals surface area (Å²) in [4.78, 5) is 12.5. The molecule has 2 saturated carbocycles. The molecule has 2 saturated heterocycles. The average molecular weight is 716 g/mol. The molecule has 2 unspecified atom stereocenters. The normalized spacial score (nSPS) is 24.5. The summed E-state index contributed by atoms with van der Waals surface area (Å²) in [6.45, 7) is 9.64. The van der Waals surface area contributed by atoms with Crippen LogP contribution in [-0.2, 0) is 12.8 Å².